The van der Waals surface area contributed by atoms with E-state index >= 15 is 0 Å². The SMILES string of the molecule is Fc1ccccc1Nc1ncnc2c1C(c1ccccc1)c1ccc3ccccc3c1O2. The molecule has 1 atom stereocenters. The lowest BCUT2D eigenvalue weighted by molar-refractivity contribution is 0.438. The van der Waals surface area contributed by atoms with Gasteiger partial charge in [0.25, 0.3) is 0 Å². The number of hydrogen-bond acceptors (Lipinski definition) is 4. The molecular formula is C27H18FN3O. The number of anilines is 2. The summed E-state index contributed by atoms with van der Waals surface area (Å²) in [5.74, 6) is 1.26. The molecule has 5 heteroatoms. The molecule has 0 fully saturated rings. The molecule has 1 N–H and O–H groups in total. The molecule has 4 aromatic carbocycles. The second-order valence-corrected chi connectivity index (χ2v) is 7.70. The van der Waals surface area contributed by atoms with Gasteiger partial charge in [-0.2, -0.15) is 0 Å². The Hall–Kier alpha value is -4.25. The maximum atomic E-state index is 14.4. The first-order chi connectivity index (χ1) is 15.8. The zero-order valence-electron chi connectivity index (χ0n) is 17.0. The van der Waals surface area contributed by atoms with Gasteiger partial charge in [0.05, 0.1) is 11.3 Å². The minimum Gasteiger partial charge on any atom is -0.438 e. The maximum absolute atomic E-state index is 14.4. The van der Waals surface area contributed by atoms with Crippen LogP contribution in [0.5, 0.6) is 11.6 Å². The van der Waals surface area contributed by atoms with Crippen LogP contribution in [0.3, 0.4) is 0 Å². The second-order valence-electron chi connectivity index (χ2n) is 7.70. The Morgan fingerprint density at radius 3 is 2.44 bits per heavy atom. The highest BCUT2D eigenvalue weighted by molar-refractivity contribution is 5.91. The minimum absolute atomic E-state index is 0.171. The van der Waals surface area contributed by atoms with E-state index in [9.17, 15) is 4.39 Å². The van der Waals surface area contributed by atoms with Crippen LogP contribution in [0.15, 0.2) is 97.3 Å². The van der Waals surface area contributed by atoms with Crippen LogP contribution in [-0.2, 0) is 0 Å². The van der Waals surface area contributed by atoms with E-state index in [4.69, 9.17) is 4.74 Å². The summed E-state index contributed by atoms with van der Waals surface area (Å²) in [4.78, 5) is 8.93. The Labute approximate surface area is 184 Å². The molecule has 32 heavy (non-hydrogen) atoms. The van der Waals surface area contributed by atoms with Crippen molar-refractivity contribution in [2.45, 2.75) is 5.92 Å². The summed E-state index contributed by atoms with van der Waals surface area (Å²) < 4.78 is 20.8. The van der Waals surface area contributed by atoms with Gasteiger partial charge in [0, 0.05) is 16.9 Å². The Morgan fingerprint density at radius 1 is 0.781 bits per heavy atom. The van der Waals surface area contributed by atoms with Gasteiger partial charge in [-0.25, -0.2) is 14.4 Å². The summed E-state index contributed by atoms with van der Waals surface area (Å²) in [6.07, 6.45) is 1.44. The van der Waals surface area contributed by atoms with Crippen LogP contribution in [0.1, 0.15) is 22.6 Å². The molecule has 0 saturated carbocycles. The van der Waals surface area contributed by atoms with Gasteiger partial charge in [0.15, 0.2) is 0 Å². The number of para-hydroxylation sites is 1. The van der Waals surface area contributed by atoms with Crippen LogP contribution < -0.4 is 10.1 Å². The highest BCUT2D eigenvalue weighted by Crippen LogP contribution is 2.51. The van der Waals surface area contributed by atoms with Crippen LogP contribution >= 0.6 is 0 Å². The third kappa shape index (κ3) is 2.98. The molecule has 6 rings (SSSR count). The van der Waals surface area contributed by atoms with Crippen molar-refractivity contribution < 1.29 is 9.13 Å². The fourth-order valence-electron chi connectivity index (χ4n) is 4.36. The molecule has 0 aliphatic carbocycles. The first-order valence-corrected chi connectivity index (χ1v) is 10.4. The third-order valence-electron chi connectivity index (χ3n) is 5.82. The molecule has 154 valence electrons. The van der Waals surface area contributed by atoms with Crippen LogP contribution in [-0.4, -0.2) is 9.97 Å². The fourth-order valence-corrected chi connectivity index (χ4v) is 4.36. The Kier molecular flexibility index (Phi) is 4.32. The van der Waals surface area contributed by atoms with E-state index in [1.165, 1.54) is 12.4 Å². The number of nitrogens with zero attached hydrogens (tertiary/aromatic N) is 2. The third-order valence-corrected chi connectivity index (χ3v) is 5.82. The molecule has 1 unspecified atom stereocenters. The summed E-state index contributed by atoms with van der Waals surface area (Å²) in [6, 6.07) is 29.1. The zero-order chi connectivity index (χ0) is 21.5. The smallest absolute Gasteiger partial charge is 0.228 e. The standard InChI is InChI=1S/C27H18FN3O/c28-21-12-6-7-13-22(21)31-26-24-23(18-9-2-1-3-10-18)20-15-14-17-8-4-5-11-19(17)25(20)32-27(24)30-16-29-26/h1-16,23H,(H,29,30,31). The van der Waals surface area contributed by atoms with Gasteiger partial charge in [-0.1, -0.05) is 78.9 Å². The van der Waals surface area contributed by atoms with Crippen molar-refractivity contribution in [1.82, 2.24) is 9.97 Å². The molecule has 0 amide bonds. The van der Waals surface area contributed by atoms with E-state index in [2.05, 4.69) is 51.7 Å². The topological polar surface area (TPSA) is 47.0 Å². The van der Waals surface area contributed by atoms with Crippen molar-refractivity contribution in [3.05, 3.63) is 120 Å². The lowest BCUT2D eigenvalue weighted by Crippen LogP contribution is -2.16. The quantitative estimate of drug-likeness (QED) is 0.343. The minimum atomic E-state index is -0.348. The van der Waals surface area contributed by atoms with Crippen molar-refractivity contribution in [3.63, 3.8) is 0 Å². The molecule has 0 radical (unpaired) electrons. The van der Waals surface area contributed by atoms with Crippen molar-refractivity contribution in [3.8, 4) is 11.6 Å². The zero-order valence-corrected chi connectivity index (χ0v) is 17.0. The monoisotopic (exact) mass is 419 g/mol. The normalized spacial score (nSPS) is 14.3. The summed E-state index contributed by atoms with van der Waals surface area (Å²) in [7, 11) is 0. The van der Waals surface area contributed by atoms with Gasteiger partial charge in [-0.3, -0.25) is 0 Å². The molecule has 1 aliphatic rings. The first kappa shape index (κ1) is 18.5. The Bertz CT molecular complexity index is 1450. The predicted octanol–water partition coefficient (Wildman–Crippen LogP) is 6.80. The summed E-state index contributed by atoms with van der Waals surface area (Å²) in [5.41, 5.74) is 3.24. The Balaban J connectivity index is 1.59. The van der Waals surface area contributed by atoms with Crippen LogP contribution in [0.4, 0.5) is 15.9 Å². The van der Waals surface area contributed by atoms with Crippen molar-refractivity contribution in [2.24, 2.45) is 0 Å². The number of ether oxygens (including phenoxy) is 1. The summed E-state index contributed by atoms with van der Waals surface area (Å²) in [5, 5.41) is 5.29. The molecular weight excluding hydrogens is 401 g/mol. The van der Waals surface area contributed by atoms with Crippen LogP contribution in [0.2, 0.25) is 0 Å². The van der Waals surface area contributed by atoms with Crippen molar-refractivity contribution in [1.29, 1.82) is 0 Å². The molecule has 4 nitrogen and oxygen atoms in total. The molecule has 0 bridgehead atoms. The summed E-state index contributed by atoms with van der Waals surface area (Å²) >= 11 is 0. The van der Waals surface area contributed by atoms with E-state index in [0.717, 1.165) is 33.2 Å². The summed E-state index contributed by atoms with van der Waals surface area (Å²) in [6.45, 7) is 0. The number of aromatic nitrogens is 2. The largest absolute Gasteiger partial charge is 0.438 e. The highest BCUT2D eigenvalue weighted by atomic mass is 19.1. The molecule has 1 aromatic heterocycles. The number of nitrogens with one attached hydrogen (secondary N) is 1. The molecule has 1 aliphatic heterocycles. The number of hydrogen-bond donors (Lipinski definition) is 1. The number of rotatable bonds is 3. The van der Waals surface area contributed by atoms with E-state index in [1.807, 2.05) is 30.3 Å². The average molecular weight is 419 g/mol. The van der Waals surface area contributed by atoms with Crippen LogP contribution in [0.25, 0.3) is 10.8 Å². The van der Waals surface area contributed by atoms with Gasteiger partial charge in [-0.15, -0.1) is 0 Å². The second kappa shape index (κ2) is 7.46. The maximum Gasteiger partial charge on any atom is 0.228 e. The lowest BCUT2D eigenvalue weighted by Gasteiger charge is -2.30. The molecule has 5 aromatic rings. The van der Waals surface area contributed by atoms with Crippen LogP contribution in [0, 0.1) is 5.82 Å². The Morgan fingerprint density at radius 2 is 1.56 bits per heavy atom. The van der Waals surface area contributed by atoms with Gasteiger partial charge in [-0.05, 0) is 23.1 Å². The fraction of sp³-hybridized carbons (Fsp3) is 0.0370. The first-order valence-electron chi connectivity index (χ1n) is 10.4. The number of halogens is 1. The van der Waals surface area contributed by atoms with Gasteiger partial charge >= 0.3 is 0 Å². The average Bonchev–Trinajstić information content (AvgIpc) is 2.85. The molecule has 2 heterocycles. The van der Waals surface area contributed by atoms with E-state index in [0.29, 0.717) is 17.4 Å². The van der Waals surface area contributed by atoms with Gasteiger partial charge < -0.3 is 10.1 Å². The van der Waals surface area contributed by atoms with Gasteiger partial charge in [0.2, 0.25) is 5.88 Å². The lowest BCUT2D eigenvalue weighted by atomic mass is 9.82. The van der Waals surface area contributed by atoms with E-state index < -0.39 is 0 Å². The highest BCUT2D eigenvalue weighted by Gasteiger charge is 2.34. The number of fused-ring (bicyclic) bond motifs is 4. The van der Waals surface area contributed by atoms with Crippen molar-refractivity contribution in [2.75, 3.05) is 5.32 Å². The van der Waals surface area contributed by atoms with Gasteiger partial charge in [0.1, 0.15) is 23.7 Å². The number of benzene rings is 4. The predicted molar refractivity (Wildman–Crippen MR) is 123 cm³/mol. The van der Waals surface area contributed by atoms with E-state index in [-0.39, 0.29) is 11.7 Å². The van der Waals surface area contributed by atoms with Crippen molar-refractivity contribution >= 4 is 22.3 Å². The molecule has 0 spiro atoms. The molecule has 0 saturated heterocycles. The van der Waals surface area contributed by atoms with E-state index in [1.54, 1.807) is 18.2 Å².